The van der Waals surface area contributed by atoms with E-state index in [4.69, 9.17) is 5.26 Å². The standard InChI is InChI=1S/C25H27NO/c1-20(2)5-4-16-25(3,18-15-22-10-12-24(27)13-11-22)17-14-21-6-8-23(19-26)9-7-21/h5-15,17-18,27H,4,16H2,1-3H3/b17-14+,18-15+/t25-/m0/s1. The van der Waals surface area contributed by atoms with E-state index in [0.717, 1.165) is 24.0 Å². The van der Waals surface area contributed by atoms with Gasteiger partial charge in [0.05, 0.1) is 11.6 Å². The van der Waals surface area contributed by atoms with E-state index in [2.05, 4.69) is 57.2 Å². The Kier molecular flexibility index (Phi) is 7.20. The molecule has 2 heteroatoms. The van der Waals surface area contributed by atoms with Gasteiger partial charge in [-0.05, 0) is 62.1 Å². The lowest BCUT2D eigenvalue weighted by molar-refractivity contribution is 0.475. The third kappa shape index (κ3) is 6.99. The molecule has 2 aromatic carbocycles. The summed E-state index contributed by atoms with van der Waals surface area (Å²) in [5.74, 6) is 0.277. The molecular weight excluding hydrogens is 330 g/mol. The van der Waals surface area contributed by atoms with E-state index in [1.807, 2.05) is 36.4 Å². The normalized spacial score (nSPS) is 13.4. The second-order valence-electron chi connectivity index (χ2n) is 7.32. The van der Waals surface area contributed by atoms with Gasteiger partial charge in [0, 0.05) is 5.41 Å². The summed E-state index contributed by atoms with van der Waals surface area (Å²) in [5.41, 5.74) is 4.05. The maximum atomic E-state index is 9.44. The molecule has 0 aliphatic rings. The largest absolute Gasteiger partial charge is 0.508 e. The number of benzene rings is 2. The fraction of sp³-hybridized carbons (Fsp3) is 0.240. The lowest BCUT2D eigenvalue weighted by atomic mass is 9.83. The fourth-order valence-corrected chi connectivity index (χ4v) is 2.72. The first-order valence-corrected chi connectivity index (χ1v) is 9.21. The molecule has 0 heterocycles. The number of aromatic hydroxyl groups is 1. The molecule has 0 fully saturated rings. The summed E-state index contributed by atoms with van der Waals surface area (Å²) in [7, 11) is 0. The van der Waals surface area contributed by atoms with Crippen LogP contribution in [0, 0.1) is 16.7 Å². The molecule has 0 amide bonds. The Balaban J connectivity index is 2.22. The van der Waals surface area contributed by atoms with E-state index >= 15 is 0 Å². The van der Waals surface area contributed by atoms with Gasteiger partial charge in [-0.15, -0.1) is 0 Å². The average molecular weight is 357 g/mol. The van der Waals surface area contributed by atoms with Gasteiger partial charge >= 0.3 is 0 Å². The predicted octanol–water partition coefficient (Wildman–Crippen LogP) is 6.74. The quantitative estimate of drug-likeness (QED) is 0.557. The highest BCUT2D eigenvalue weighted by Gasteiger charge is 2.16. The summed E-state index contributed by atoms with van der Waals surface area (Å²) in [5, 5.41) is 18.4. The highest BCUT2D eigenvalue weighted by Crippen LogP contribution is 2.30. The summed E-state index contributed by atoms with van der Waals surface area (Å²) in [6, 6.07) is 17.0. The van der Waals surface area contributed by atoms with Gasteiger partial charge in [-0.1, -0.05) is 67.1 Å². The molecule has 138 valence electrons. The van der Waals surface area contributed by atoms with Gasteiger partial charge in [0.25, 0.3) is 0 Å². The third-order valence-corrected chi connectivity index (χ3v) is 4.48. The van der Waals surface area contributed by atoms with Gasteiger partial charge in [-0.3, -0.25) is 0 Å². The summed E-state index contributed by atoms with van der Waals surface area (Å²) in [6.45, 7) is 6.47. The van der Waals surface area contributed by atoms with Crippen LogP contribution in [0.15, 0.2) is 72.3 Å². The zero-order valence-corrected chi connectivity index (χ0v) is 16.3. The van der Waals surface area contributed by atoms with E-state index in [1.54, 1.807) is 12.1 Å². The highest BCUT2D eigenvalue weighted by atomic mass is 16.3. The second kappa shape index (κ2) is 9.59. The number of allylic oxidation sites excluding steroid dienone is 4. The smallest absolute Gasteiger partial charge is 0.115 e. The molecular formula is C25H27NO. The number of nitrogens with zero attached hydrogens (tertiary/aromatic N) is 1. The summed E-state index contributed by atoms with van der Waals surface area (Å²) in [4.78, 5) is 0. The van der Waals surface area contributed by atoms with Crippen molar-refractivity contribution in [2.45, 2.75) is 33.6 Å². The molecule has 0 saturated carbocycles. The van der Waals surface area contributed by atoms with Crippen molar-refractivity contribution < 1.29 is 5.11 Å². The Labute approximate surface area is 162 Å². The maximum absolute atomic E-state index is 9.44. The summed E-state index contributed by atoms with van der Waals surface area (Å²) >= 11 is 0. The van der Waals surface area contributed by atoms with Crippen LogP contribution >= 0.6 is 0 Å². The minimum atomic E-state index is -0.0995. The number of nitriles is 1. The van der Waals surface area contributed by atoms with Crippen molar-refractivity contribution in [1.29, 1.82) is 5.26 Å². The molecule has 0 radical (unpaired) electrons. The van der Waals surface area contributed by atoms with E-state index in [1.165, 1.54) is 5.57 Å². The van der Waals surface area contributed by atoms with Crippen molar-refractivity contribution >= 4 is 12.2 Å². The van der Waals surface area contributed by atoms with E-state index in [9.17, 15) is 5.11 Å². The van der Waals surface area contributed by atoms with E-state index in [-0.39, 0.29) is 11.2 Å². The van der Waals surface area contributed by atoms with Crippen LogP contribution in [0.25, 0.3) is 12.2 Å². The topological polar surface area (TPSA) is 44.0 Å². The lowest BCUT2D eigenvalue weighted by Gasteiger charge is -2.21. The van der Waals surface area contributed by atoms with Crippen LogP contribution in [0.5, 0.6) is 5.75 Å². The number of hydrogen-bond acceptors (Lipinski definition) is 2. The molecule has 2 rings (SSSR count). The molecule has 2 aromatic rings. The first kappa shape index (κ1) is 20.3. The minimum absolute atomic E-state index is 0.0995. The van der Waals surface area contributed by atoms with Crippen LogP contribution in [0.4, 0.5) is 0 Å². The Morgan fingerprint density at radius 3 is 1.96 bits per heavy atom. The molecule has 0 bridgehead atoms. The molecule has 0 aliphatic heterocycles. The number of phenolic OH excluding ortho intramolecular Hbond substituents is 1. The summed E-state index contributed by atoms with van der Waals surface area (Å²) in [6.07, 6.45) is 12.9. The van der Waals surface area contributed by atoms with Crippen LogP contribution in [0.3, 0.4) is 0 Å². The average Bonchev–Trinajstić information content (AvgIpc) is 2.66. The minimum Gasteiger partial charge on any atom is -0.508 e. The van der Waals surface area contributed by atoms with Crippen molar-refractivity contribution in [3.05, 3.63) is 89.0 Å². The molecule has 0 aromatic heterocycles. The molecule has 27 heavy (non-hydrogen) atoms. The van der Waals surface area contributed by atoms with Crippen molar-refractivity contribution in [1.82, 2.24) is 0 Å². The number of phenols is 1. The predicted molar refractivity (Wildman–Crippen MR) is 114 cm³/mol. The SMILES string of the molecule is CC(C)=CCC[C@](C)(/C=C/c1ccc(O)cc1)/C=C/c1ccc(C#N)cc1. The van der Waals surface area contributed by atoms with Crippen LogP contribution in [-0.4, -0.2) is 5.11 Å². The zero-order chi connectivity index (χ0) is 19.7. The van der Waals surface area contributed by atoms with Gasteiger partial charge in [0.15, 0.2) is 0 Å². The van der Waals surface area contributed by atoms with Crippen LogP contribution in [0.1, 0.15) is 50.3 Å². The zero-order valence-electron chi connectivity index (χ0n) is 16.3. The molecule has 0 saturated heterocycles. The molecule has 2 nitrogen and oxygen atoms in total. The molecule has 0 spiro atoms. The summed E-state index contributed by atoms with van der Waals surface area (Å²) < 4.78 is 0. The fourth-order valence-electron chi connectivity index (χ4n) is 2.72. The first-order chi connectivity index (χ1) is 12.9. The Morgan fingerprint density at radius 2 is 1.48 bits per heavy atom. The molecule has 0 unspecified atom stereocenters. The van der Waals surface area contributed by atoms with Crippen molar-refractivity contribution in [3.8, 4) is 11.8 Å². The Morgan fingerprint density at radius 1 is 0.963 bits per heavy atom. The van der Waals surface area contributed by atoms with Crippen LogP contribution in [-0.2, 0) is 0 Å². The van der Waals surface area contributed by atoms with E-state index < -0.39 is 0 Å². The third-order valence-electron chi connectivity index (χ3n) is 4.48. The van der Waals surface area contributed by atoms with Crippen molar-refractivity contribution in [2.24, 2.45) is 5.41 Å². The molecule has 1 N–H and O–H groups in total. The van der Waals surface area contributed by atoms with Crippen molar-refractivity contribution in [2.75, 3.05) is 0 Å². The lowest BCUT2D eigenvalue weighted by Crippen LogP contribution is -2.09. The van der Waals surface area contributed by atoms with Gasteiger partial charge in [0.1, 0.15) is 5.75 Å². The number of hydrogen-bond donors (Lipinski definition) is 1. The van der Waals surface area contributed by atoms with E-state index in [0.29, 0.717) is 5.56 Å². The van der Waals surface area contributed by atoms with Crippen molar-refractivity contribution in [3.63, 3.8) is 0 Å². The van der Waals surface area contributed by atoms with Crippen LogP contribution in [0.2, 0.25) is 0 Å². The van der Waals surface area contributed by atoms with Crippen LogP contribution < -0.4 is 0 Å². The molecule has 1 atom stereocenters. The van der Waals surface area contributed by atoms with Gasteiger partial charge in [-0.25, -0.2) is 0 Å². The number of rotatable bonds is 7. The second-order valence-corrected chi connectivity index (χ2v) is 7.32. The monoisotopic (exact) mass is 357 g/mol. The maximum Gasteiger partial charge on any atom is 0.115 e. The van der Waals surface area contributed by atoms with Gasteiger partial charge in [-0.2, -0.15) is 5.26 Å². The Bertz CT molecular complexity index is 860. The van der Waals surface area contributed by atoms with Gasteiger partial charge < -0.3 is 5.11 Å². The Hall–Kier alpha value is -3.05. The first-order valence-electron chi connectivity index (χ1n) is 9.21. The molecule has 0 aliphatic carbocycles. The van der Waals surface area contributed by atoms with Gasteiger partial charge in [0.2, 0.25) is 0 Å². The highest BCUT2D eigenvalue weighted by molar-refractivity contribution is 5.55.